The Morgan fingerprint density at radius 1 is 1.53 bits per heavy atom. The molecule has 0 aromatic heterocycles. The minimum absolute atomic E-state index is 0.0990. The highest BCUT2D eigenvalue weighted by Gasteiger charge is 2.22. The van der Waals surface area contributed by atoms with E-state index in [1.807, 2.05) is 13.0 Å². The topological polar surface area (TPSA) is 46.5 Å². The second kappa shape index (κ2) is 6.48. The molecule has 0 bridgehead atoms. The van der Waals surface area contributed by atoms with Crippen LogP contribution in [0.3, 0.4) is 0 Å². The number of carbonyl (C=O) groups excluding carboxylic acids is 2. The molecule has 94 valence electrons. The lowest BCUT2D eigenvalue weighted by molar-refractivity contribution is -0.114. The fourth-order valence-electron chi connectivity index (χ4n) is 1.96. The van der Waals surface area contributed by atoms with Crippen LogP contribution in [-0.2, 0) is 9.59 Å². The van der Waals surface area contributed by atoms with Gasteiger partial charge in [-0.25, -0.2) is 0 Å². The Balaban J connectivity index is 2.86. The highest BCUT2D eigenvalue weighted by Crippen LogP contribution is 2.20. The molecule has 0 aromatic carbocycles. The number of aldehydes is 1. The van der Waals surface area contributed by atoms with E-state index in [4.69, 9.17) is 0 Å². The van der Waals surface area contributed by atoms with Crippen LogP contribution < -0.4 is 0 Å². The zero-order chi connectivity index (χ0) is 12.8. The van der Waals surface area contributed by atoms with Crippen LogP contribution in [0.2, 0.25) is 0 Å². The molecular weight excluding hydrogens is 214 g/mol. The SMILES string of the molecule is CCCC=C1CC(C)N=C(C(C)C=O)CC1=O. The molecule has 0 aromatic rings. The van der Waals surface area contributed by atoms with Crippen molar-refractivity contribution < 1.29 is 9.59 Å². The van der Waals surface area contributed by atoms with Crippen molar-refractivity contribution in [3.8, 4) is 0 Å². The molecule has 0 radical (unpaired) electrons. The van der Waals surface area contributed by atoms with Crippen molar-refractivity contribution in [3.63, 3.8) is 0 Å². The molecule has 1 heterocycles. The van der Waals surface area contributed by atoms with Gasteiger partial charge in [-0.15, -0.1) is 0 Å². The fraction of sp³-hybridized carbons (Fsp3) is 0.643. The quantitative estimate of drug-likeness (QED) is 0.555. The van der Waals surface area contributed by atoms with Gasteiger partial charge in [-0.1, -0.05) is 26.3 Å². The van der Waals surface area contributed by atoms with Gasteiger partial charge in [0.2, 0.25) is 0 Å². The summed E-state index contributed by atoms with van der Waals surface area (Å²) in [5.74, 6) is -0.109. The third-order valence-electron chi connectivity index (χ3n) is 3.01. The smallest absolute Gasteiger partial charge is 0.164 e. The predicted molar refractivity (Wildman–Crippen MR) is 69.4 cm³/mol. The van der Waals surface area contributed by atoms with Crippen molar-refractivity contribution in [2.45, 2.75) is 52.5 Å². The van der Waals surface area contributed by atoms with Crippen LogP contribution in [0.4, 0.5) is 0 Å². The molecular formula is C14H21NO2. The van der Waals surface area contributed by atoms with E-state index in [0.717, 1.165) is 30.4 Å². The minimum atomic E-state index is -0.244. The molecule has 0 aliphatic carbocycles. The summed E-state index contributed by atoms with van der Waals surface area (Å²) in [7, 11) is 0. The van der Waals surface area contributed by atoms with Crippen LogP contribution in [0.25, 0.3) is 0 Å². The van der Waals surface area contributed by atoms with Crippen molar-refractivity contribution in [3.05, 3.63) is 11.6 Å². The number of aliphatic imine (C=N–C) groups is 1. The molecule has 0 N–H and O–H groups in total. The van der Waals surface area contributed by atoms with Crippen LogP contribution in [0, 0.1) is 5.92 Å². The number of ketones is 1. The number of allylic oxidation sites excluding steroid dienone is 1. The lowest BCUT2D eigenvalue weighted by atomic mass is 9.97. The van der Waals surface area contributed by atoms with E-state index >= 15 is 0 Å². The van der Waals surface area contributed by atoms with Crippen LogP contribution in [0.5, 0.6) is 0 Å². The molecule has 2 unspecified atom stereocenters. The van der Waals surface area contributed by atoms with Gasteiger partial charge in [0.15, 0.2) is 5.78 Å². The number of carbonyl (C=O) groups is 2. The first-order chi connectivity index (χ1) is 8.08. The van der Waals surface area contributed by atoms with E-state index in [9.17, 15) is 9.59 Å². The number of unbranched alkanes of at least 4 members (excludes halogenated alkanes) is 1. The molecule has 3 heteroatoms. The normalized spacial score (nSPS) is 25.4. The Kier molecular flexibility index (Phi) is 5.26. The molecule has 2 atom stereocenters. The lowest BCUT2D eigenvalue weighted by Gasteiger charge is -2.06. The van der Waals surface area contributed by atoms with Crippen LogP contribution in [0.15, 0.2) is 16.6 Å². The average molecular weight is 235 g/mol. The number of hydrogen-bond acceptors (Lipinski definition) is 3. The van der Waals surface area contributed by atoms with Gasteiger partial charge in [0, 0.05) is 12.1 Å². The van der Waals surface area contributed by atoms with Gasteiger partial charge in [-0.2, -0.15) is 0 Å². The van der Waals surface area contributed by atoms with Crippen molar-refractivity contribution >= 4 is 17.8 Å². The fourth-order valence-corrected chi connectivity index (χ4v) is 1.96. The maximum Gasteiger partial charge on any atom is 0.164 e. The molecule has 1 aliphatic rings. The highest BCUT2D eigenvalue weighted by atomic mass is 16.1. The van der Waals surface area contributed by atoms with E-state index in [-0.39, 0.29) is 17.7 Å². The van der Waals surface area contributed by atoms with Crippen molar-refractivity contribution in [1.29, 1.82) is 0 Å². The molecule has 0 spiro atoms. The molecule has 17 heavy (non-hydrogen) atoms. The standard InChI is InChI=1S/C14H21NO2/c1-4-5-6-12-7-11(3)15-13(8-14(12)17)10(2)9-16/h6,9-11H,4-5,7-8H2,1-3H3. The Morgan fingerprint density at radius 3 is 2.82 bits per heavy atom. The first-order valence-corrected chi connectivity index (χ1v) is 6.32. The predicted octanol–water partition coefficient (Wildman–Crippen LogP) is 2.74. The first kappa shape index (κ1) is 13.8. The second-order valence-electron chi connectivity index (χ2n) is 4.72. The summed E-state index contributed by atoms with van der Waals surface area (Å²) in [6, 6.07) is 0.0990. The van der Waals surface area contributed by atoms with Gasteiger partial charge in [-0.05, 0) is 25.3 Å². The summed E-state index contributed by atoms with van der Waals surface area (Å²) in [4.78, 5) is 27.3. The van der Waals surface area contributed by atoms with Gasteiger partial charge in [0.05, 0.1) is 12.0 Å². The van der Waals surface area contributed by atoms with Gasteiger partial charge in [0.1, 0.15) is 6.29 Å². The van der Waals surface area contributed by atoms with Crippen molar-refractivity contribution in [2.75, 3.05) is 0 Å². The summed E-state index contributed by atoms with van der Waals surface area (Å²) >= 11 is 0. The minimum Gasteiger partial charge on any atom is -0.303 e. The second-order valence-corrected chi connectivity index (χ2v) is 4.72. The van der Waals surface area contributed by atoms with Crippen molar-refractivity contribution in [2.24, 2.45) is 10.9 Å². The Morgan fingerprint density at radius 2 is 2.24 bits per heavy atom. The maximum atomic E-state index is 12.0. The Hall–Kier alpha value is -1.25. The lowest BCUT2D eigenvalue weighted by Crippen LogP contribution is -2.16. The summed E-state index contributed by atoms with van der Waals surface area (Å²) in [6.45, 7) is 5.89. The van der Waals surface area contributed by atoms with Crippen LogP contribution in [0.1, 0.15) is 46.5 Å². The number of hydrogen-bond donors (Lipinski definition) is 0. The zero-order valence-electron chi connectivity index (χ0n) is 10.9. The molecule has 1 aliphatic heterocycles. The summed E-state index contributed by atoms with van der Waals surface area (Å²) in [5.41, 5.74) is 1.62. The molecule has 1 rings (SSSR count). The first-order valence-electron chi connectivity index (χ1n) is 6.32. The van der Waals surface area contributed by atoms with E-state index in [0.29, 0.717) is 12.8 Å². The van der Waals surface area contributed by atoms with Gasteiger partial charge in [0.25, 0.3) is 0 Å². The van der Waals surface area contributed by atoms with E-state index < -0.39 is 0 Å². The molecule has 3 nitrogen and oxygen atoms in total. The highest BCUT2D eigenvalue weighted by molar-refractivity contribution is 6.13. The van der Waals surface area contributed by atoms with Gasteiger partial charge in [-0.3, -0.25) is 9.79 Å². The zero-order valence-corrected chi connectivity index (χ0v) is 10.9. The number of rotatable bonds is 4. The van der Waals surface area contributed by atoms with Crippen LogP contribution in [-0.4, -0.2) is 23.8 Å². The van der Waals surface area contributed by atoms with Gasteiger partial charge >= 0.3 is 0 Å². The average Bonchev–Trinajstić information content (AvgIpc) is 2.45. The monoisotopic (exact) mass is 235 g/mol. The third kappa shape index (κ3) is 3.91. The molecule has 0 amide bonds. The summed E-state index contributed by atoms with van der Waals surface area (Å²) < 4.78 is 0. The summed E-state index contributed by atoms with van der Waals surface area (Å²) in [6.07, 6.45) is 5.88. The largest absolute Gasteiger partial charge is 0.303 e. The molecule has 0 saturated heterocycles. The van der Waals surface area contributed by atoms with Crippen molar-refractivity contribution in [1.82, 2.24) is 0 Å². The molecule has 0 saturated carbocycles. The van der Waals surface area contributed by atoms with E-state index in [1.165, 1.54) is 0 Å². The van der Waals surface area contributed by atoms with E-state index in [1.54, 1.807) is 6.92 Å². The number of nitrogens with zero attached hydrogens (tertiary/aromatic N) is 1. The maximum absolute atomic E-state index is 12.0. The Bertz CT molecular complexity index is 355. The van der Waals surface area contributed by atoms with E-state index in [2.05, 4.69) is 11.9 Å². The number of Topliss-reactive ketones (excluding diaryl/α,β-unsaturated/α-hetero) is 1. The molecule has 0 fully saturated rings. The Labute approximate surface area is 103 Å². The van der Waals surface area contributed by atoms with Gasteiger partial charge < -0.3 is 4.79 Å². The van der Waals surface area contributed by atoms with Crippen LogP contribution >= 0.6 is 0 Å². The third-order valence-corrected chi connectivity index (χ3v) is 3.01. The summed E-state index contributed by atoms with van der Waals surface area (Å²) in [5, 5.41) is 0.